The van der Waals surface area contributed by atoms with Gasteiger partial charge >= 0.3 is 0 Å². The summed E-state index contributed by atoms with van der Waals surface area (Å²) < 4.78 is 10.1. The lowest BCUT2D eigenvalue weighted by Crippen LogP contribution is -2.09. The average molecular weight is 639 g/mol. The predicted octanol–water partition coefficient (Wildman–Crippen LogP) is 11.2. The molecule has 0 bridgehead atoms. The zero-order valence-corrected chi connectivity index (χ0v) is 28.0. The van der Waals surface area contributed by atoms with Crippen LogP contribution in [-0.2, 0) is 6.54 Å². The van der Waals surface area contributed by atoms with Gasteiger partial charge in [-0.25, -0.2) is 4.98 Å². The van der Waals surface area contributed by atoms with Crippen LogP contribution < -0.4 is 10.2 Å². The summed E-state index contributed by atoms with van der Waals surface area (Å²) >= 11 is 3.78. The summed E-state index contributed by atoms with van der Waals surface area (Å²) in [5, 5.41) is 5.00. The molecular weight excluding hydrogens is 591 g/mol. The average Bonchev–Trinajstić information content (AvgIpc) is 3.42. The summed E-state index contributed by atoms with van der Waals surface area (Å²) in [5.74, 6) is 1.95. The molecule has 0 unspecified atom stereocenters. The Labute approximate surface area is 267 Å². The maximum Gasteiger partial charge on any atom is 0.148 e. The van der Waals surface area contributed by atoms with Gasteiger partial charge in [0.1, 0.15) is 18.9 Å². The molecule has 0 spiro atoms. The highest BCUT2D eigenvalue weighted by atomic mass is 79.9. The van der Waals surface area contributed by atoms with E-state index in [1.165, 1.54) is 96.7 Å². The van der Waals surface area contributed by atoms with Crippen LogP contribution in [0, 0.1) is 0 Å². The highest BCUT2D eigenvalue weighted by Gasteiger charge is 2.21. The summed E-state index contributed by atoms with van der Waals surface area (Å²) in [5.41, 5.74) is 4.62. The molecule has 225 valence electrons. The second-order valence-corrected chi connectivity index (χ2v) is 12.9. The summed E-state index contributed by atoms with van der Waals surface area (Å²) in [6.07, 6.45) is 15.1. The lowest BCUT2D eigenvalue weighted by Gasteiger charge is -2.15. The van der Waals surface area contributed by atoms with Crippen LogP contribution in [0.4, 0.5) is 0 Å². The summed E-state index contributed by atoms with van der Waals surface area (Å²) in [7, 11) is 2.18. The number of hydrogen-bond acceptors (Lipinski definition) is 2. The molecule has 4 aromatic carbocycles. The van der Waals surface area contributed by atoms with Crippen LogP contribution in [0.2, 0.25) is 6.82 Å². The molecule has 5 aromatic rings. The van der Waals surface area contributed by atoms with Gasteiger partial charge in [-0.2, -0.15) is 0 Å². The Morgan fingerprint density at radius 2 is 1.40 bits per heavy atom. The summed E-state index contributed by atoms with van der Waals surface area (Å²) in [6, 6.07) is 22.0. The molecule has 43 heavy (non-hydrogen) atoms. The highest BCUT2D eigenvalue weighted by Crippen LogP contribution is 2.40. The molecule has 1 heterocycles. The van der Waals surface area contributed by atoms with Crippen molar-refractivity contribution in [2.75, 3.05) is 6.61 Å². The van der Waals surface area contributed by atoms with Gasteiger partial charge < -0.3 is 9.30 Å². The fourth-order valence-electron chi connectivity index (χ4n) is 6.35. The highest BCUT2D eigenvalue weighted by molar-refractivity contribution is 9.10. The molecule has 1 aromatic heterocycles. The molecule has 5 rings (SSSR count). The zero-order valence-electron chi connectivity index (χ0n) is 26.4. The van der Waals surface area contributed by atoms with E-state index in [1.807, 2.05) is 0 Å². The molecule has 0 aliphatic rings. The molecule has 0 fully saturated rings. The Bertz CT molecular complexity index is 1640. The maximum absolute atomic E-state index is 6.48. The zero-order chi connectivity index (χ0) is 30.0. The minimum Gasteiger partial charge on any atom is -0.493 e. The quantitative estimate of drug-likeness (QED) is 0.0576. The third-order valence-electron chi connectivity index (χ3n) is 8.75. The van der Waals surface area contributed by atoms with Crippen molar-refractivity contribution in [1.29, 1.82) is 0 Å². The molecule has 0 saturated carbocycles. The first-order chi connectivity index (χ1) is 21.2. The van der Waals surface area contributed by atoms with Crippen molar-refractivity contribution in [2.45, 2.75) is 104 Å². The Morgan fingerprint density at radius 1 is 0.721 bits per heavy atom. The monoisotopic (exact) mass is 637 g/mol. The van der Waals surface area contributed by atoms with Crippen LogP contribution in [0.1, 0.15) is 90.9 Å². The van der Waals surface area contributed by atoms with Gasteiger partial charge in [0, 0.05) is 21.8 Å². The van der Waals surface area contributed by atoms with E-state index in [0.29, 0.717) is 0 Å². The first-order valence-corrected chi connectivity index (χ1v) is 17.5. The van der Waals surface area contributed by atoms with E-state index in [-0.39, 0.29) is 0 Å². The number of aromatic nitrogens is 2. The molecule has 0 aliphatic heterocycles. The first-order valence-electron chi connectivity index (χ1n) is 16.7. The third-order valence-corrected chi connectivity index (χ3v) is 9.24. The topological polar surface area (TPSA) is 27.1 Å². The number of benzene rings is 4. The Balaban J connectivity index is 1.60. The minimum atomic E-state index is 0.745. The van der Waals surface area contributed by atoms with Gasteiger partial charge in [0.2, 0.25) is 0 Å². The normalized spacial score (nSPS) is 11.6. The number of fused-ring (bicyclic) bond motifs is 6. The second-order valence-electron chi connectivity index (χ2n) is 11.9. The van der Waals surface area contributed by atoms with Gasteiger partial charge in [-0.3, -0.25) is 0 Å². The van der Waals surface area contributed by atoms with E-state index in [9.17, 15) is 0 Å². The smallest absolute Gasteiger partial charge is 0.148 e. The van der Waals surface area contributed by atoms with E-state index < -0.39 is 0 Å². The summed E-state index contributed by atoms with van der Waals surface area (Å²) in [4.78, 5) is 5.49. The van der Waals surface area contributed by atoms with Crippen LogP contribution in [0.25, 0.3) is 44.0 Å². The van der Waals surface area contributed by atoms with E-state index in [1.54, 1.807) is 0 Å². The maximum atomic E-state index is 6.48. The number of imidazole rings is 1. The van der Waals surface area contributed by atoms with Gasteiger partial charge in [0.15, 0.2) is 0 Å². The number of halogens is 1. The van der Waals surface area contributed by atoms with Crippen molar-refractivity contribution in [3.63, 3.8) is 0 Å². The fourth-order valence-corrected chi connectivity index (χ4v) is 6.71. The molecule has 3 nitrogen and oxygen atoms in total. The van der Waals surface area contributed by atoms with Crippen molar-refractivity contribution >= 4 is 61.3 Å². The lowest BCUT2D eigenvalue weighted by atomic mass is 9.72. The standard InChI is InChI=1S/C38H47BBrN2O/c1-4-6-8-10-12-16-24-42-37-34-27-29(40)21-23-31(34)30-22-20-28(39-3)26-33(30)36(37)41-38(42)32-18-14-15-19-35(32)43-25-17-13-11-9-7-5-2/h14-15,18-23,26-27H,4-13,16-17,24-25H2,1-3H3. The molecule has 0 aliphatic carbocycles. The molecule has 0 amide bonds. The van der Waals surface area contributed by atoms with Crippen molar-refractivity contribution in [3.8, 4) is 17.1 Å². The number of hydrogen-bond donors (Lipinski definition) is 0. The van der Waals surface area contributed by atoms with Gasteiger partial charge in [0.25, 0.3) is 0 Å². The molecule has 5 heteroatoms. The number of ether oxygens (including phenoxy) is 1. The van der Waals surface area contributed by atoms with Crippen LogP contribution in [0.15, 0.2) is 65.1 Å². The van der Waals surface area contributed by atoms with Crippen molar-refractivity contribution in [3.05, 3.63) is 65.1 Å². The van der Waals surface area contributed by atoms with E-state index >= 15 is 0 Å². The van der Waals surface area contributed by atoms with E-state index in [2.05, 4.69) is 109 Å². The number of rotatable bonds is 17. The molecule has 0 N–H and O–H groups in total. The minimum absolute atomic E-state index is 0.745. The number of para-hydroxylation sites is 1. The van der Waals surface area contributed by atoms with Crippen molar-refractivity contribution in [2.24, 2.45) is 0 Å². The van der Waals surface area contributed by atoms with Gasteiger partial charge in [-0.05, 0) is 47.9 Å². The summed E-state index contributed by atoms with van der Waals surface area (Å²) in [6.45, 7) is 8.35. The third kappa shape index (κ3) is 7.48. The molecule has 0 atom stereocenters. The van der Waals surface area contributed by atoms with Gasteiger partial charge in [-0.15, -0.1) is 0 Å². The van der Waals surface area contributed by atoms with Gasteiger partial charge in [-0.1, -0.05) is 143 Å². The lowest BCUT2D eigenvalue weighted by molar-refractivity contribution is 0.305. The van der Waals surface area contributed by atoms with Crippen molar-refractivity contribution in [1.82, 2.24) is 9.55 Å². The van der Waals surface area contributed by atoms with Crippen LogP contribution in [0.5, 0.6) is 5.75 Å². The number of unbranched alkanes of at least 4 members (excludes halogenated alkanes) is 10. The Hall–Kier alpha value is -2.79. The van der Waals surface area contributed by atoms with Gasteiger partial charge in [0.05, 0.1) is 23.2 Å². The van der Waals surface area contributed by atoms with Crippen molar-refractivity contribution < 1.29 is 4.74 Å². The second kappa shape index (κ2) is 15.8. The fraction of sp³-hybridized carbons (Fsp3) is 0.447. The van der Waals surface area contributed by atoms with Crippen LogP contribution in [-0.4, -0.2) is 23.4 Å². The Morgan fingerprint density at radius 3 is 2.16 bits per heavy atom. The van der Waals surface area contributed by atoms with E-state index in [4.69, 9.17) is 9.72 Å². The van der Waals surface area contributed by atoms with Crippen LogP contribution >= 0.6 is 15.9 Å². The van der Waals surface area contributed by atoms with E-state index in [0.717, 1.165) is 53.1 Å². The largest absolute Gasteiger partial charge is 0.493 e. The number of aryl methyl sites for hydroxylation is 1. The van der Waals surface area contributed by atoms with Crippen LogP contribution in [0.3, 0.4) is 0 Å². The SMILES string of the molecule is C[B]c1ccc2c3ccc(Br)cc3c3c(nc(-c4ccccc4OCCCCCCCC)n3CCCCCCCC)c2c1. The Kier molecular flexibility index (Phi) is 11.6. The number of nitrogens with zero attached hydrogens (tertiary/aromatic N) is 2. The predicted molar refractivity (Wildman–Crippen MR) is 191 cm³/mol. The molecule has 0 saturated heterocycles. The molecular formula is C38H47BBrN2O. The molecule has 1 radical (unpaired) electrons. The first kappa shape index (κ1) is 31.6.